The maximum absolute atomic E-state index is 12.5. The number of nitrogens with zero attached hydrogens (tertiary/aromatic N) is 2. The third kappa shape index (κ3) is 4.47. The number of rotatable bonds is 5. The highest BCUT2D eigenvalue weighted by Crippen LogP contribution is 2.27. The van der Waals surface area contributed by atoms with Crippen LogP contribution in [0.4, 0.5) is 13.2 Å². The topological polar surface area (TPSA) is 42.4 Å². The number of likely N-dealkylation sites (N-methyl/N-ethyl adjacent to an activating group) is 1. The lowest BCUT2D eigenvalue weighted by atomic mass is 10.2. The van der Waals surface area contributed by atoms with Gasteiger partial charge in [0.2, 0.25) is 0 Å². The molecule has 7 heteroatoms. The van der Waals surface area contributed by atoms with E-state index in [1.807, 2.05) is 31.2 Å². The van der Waals surface area contributed by atoms with E-state index in [-0.39, 0.29) is 12.2 Å². The van der Waals surface area contributed by atoms with Gasteiger partial charge in [-0.1, -0.05) is 18.2 Å². The average Bonchev–Trinajstić information content (AvgIpc) is 2.55. The molecule has 0 atom stereocenters. The average molecular weight is 338 g/mol. The maximum Gasteiger partial charge on any atom is 0.433 e. The summed E-state index contributed by atoms with van der Waals surface area (Å²) in [6, 6.07) is 9.41. The number of carbonyl (C=O) groups excluding carboxylic acids is 1. The van der Waals surface area contributed by atoms with E-state index in [0.29, 0.717) is 6.54 Å². The van der Waals surface area contributed by atoms with E-state index in [4.69, 9.17) is 4.74 Å². The molecule has 0 radical (unpaired) electrons. The predicted molar refractivity (Wildman–Crippen MR) is 82.9 cm³/mol. The van der Waals surface area contributed by atoms with Gasteiger partial charge in [-0.3, -0.25) is 9.78 Å². The molecule has 0 aliphatic rings. The minimum Gasteiger partial charge on any atom is -0.491 e. The number of amides is 1. The van der Waals surface area contributed by atoms with Crippen molar-refractivity contribution in [3.05, 3.63) is 59.4 Å². The third-order valence-electron chi connectivity index (χ3n) is 3.43. The van der Waals surface area contributed by atoms with Crippen LogP contribution in [0.25, 0.3) is 0 Å². The number of carbonyl (C=O) groups is 1. The van der Waals surface area contributed by atoms with Crippen LogP contribution in [0.2, 0.25) is 0 Å². The lowest BCUT2D eigenvalue weighted by Crippen LogP contribution is -2.31. The summed E-state index contributed by atoms with van der Waals surface area (Å²) in [4.78, 5) is 16.8. The van der Waals surface area contributed by atoms with Gasteiger partial charge in [-0.2, -0.15) is 13.2 Å². The van der Waals surface area contributed by atoms with Crippen LogP contribution in [0.5, 0.6) is 5.75 Å². The van der Waals surface area contributed by atoms with Crippen LogP contribution in [0.1, 0.15) is 21.6 Å². The van der Waals surface area contributed by atoms with Crippen LogP contribution in [-0.2, 0) is 6.18 Å². The molecule has 2 aromatic rings. The highest BCUT2D eigenvalue weighted by molar-refractivity contribution is 5.93. The zero-order chi connectivity index (χ0) is 17.7. The zero-order valence-corrected chi connectivity index (χ0v) is 13.3. The molecule has 0 fully saturated rings. The fourth-order valence-electron chi connectivity index (χ4n) is 2.02. The Kier molecular flexibility index (Phi) is 5.43. The van der Waals surface area contributed by atoms with Gasteiger partial charge in [0.15, 0.2) is 0 Å². The minimum atomic E-state index is -4.52. The third-order valence-corrected chi connectivity index (χ3v) is 3.43. The number of para-hydroxylation sites is 1. The van der Waals surface area contributed by atoms with E-state index >= 15 is 0 Å². The van der Waals surface area contributed by atoms with Crippen LogP contribution in [-0.4, -0.2) is 36.0 Å². The number of hydrogen-bond donors (Lipinski definition) is 0. The summed E-state index contributed by atoms with van der Waals surface area (Å²) in [5.41, 5.74) is 0.0596. The van der Waals surface area contributed by atoms with Crippen molar-refractivity contribution in [3.8, 4) is 5.75 Å². The van der Waals surface area contributed by atoms with Gasteiger partial charge in [0.25, 0.3) is 5.91 Å². The highest BCUT2D eigenvalue weighted by atomic mass is 19.4. The zero-order valence-electron chi connectivity index (χ0n) is 13.3. The summed E-state index contributed by atoms with van der Waals surface area (Å²) in [6.45, 7) is 2.49. The molecule has 2 rings (SSSR count). The van der Waals surface area contributed by atoms with E-state index in [1.54, 1.807) is 7.05 Å². The number of ether oxygens (including phenoxy) is 1. The molecule has 0 saturated carbocycles. The number of alkyl halides is 3. The second-order valence-electron chi connectivity index (χ2n) is 5.27. The molecule has 0 spiro atoms. The monoisotopic (exact) mass is 338 g/mol. The summed E-state index contributed by atoms with van der Waals surface area (Å²) >= 11 is 0. The fourth-order valence-corrected chi connectivity index (χ4v) is 2.02. The molecule has 0 unspecified atom stereocenters. The Morgan fingerprint density at radius 3 is 2.50 bits per heavy atom. The first-order valence-electron chi connectivity index (χ1n) is 7.26. The molecule has 0 N–H and O–H groups in total. The summed E-state index contributed by atoms with van der Waals surface area (Å²) in [7, 11) is 1.56. The van der Waals surface area contributed by atoms with Crippen molar-refractivity contribution in [1.82, 2.24) is 9.88 Å². The molecule has 1 amide bonds. The molecule has 0 bridgehead atoms. The summed E-state index contributed by atoms with van der Waals surface area (Å²) < 4.78 is 43.0. The summed E-state index contributed by atoms with van der Waals surface area (Å²) in [5.74, 6) is 0.319. The van der Waals surface area contributed by atoms with Gasteiger partial charge < -0.3 is 9.64 Å². The molecule has 1 heterocycles. The predicted octanol–water partition coefficient (Wildman–Crippen LogP) is 3.56. The smallest absolute Gasteiger partial charge is 0.433 e. The van der Waals surface area contributed by atoms with Gasteiger partial charge in [0, 0.05) is 13.2 Å². The summed E-state index contributed by atoms with van der Waals surface area (Å²) in [6.07, 6.45) is -3.58. The van der Waals surface area contributed by atoms with E-state index in [1.165, 1.54) is 4.90 Å². The number of halogens is 3. The lowest BCUT2D eigenvalue weighted by Gasteiger charge is -2.18. The van der Waals surface area contributed by atoms with Crippen LogP contribution < -0.4 is 4.74 Å². The molecule has 0 aliphatic heterocycles. The van der Waals surface area contributed by atoms with Crippen LogP contribution in [0.3, 0.4) is 0 Å². The Bertz CT molecular complexity index is 700. The number of hydrogen-bond acceptors (Lipinski definition) is 3. The Balaban J connectivity index is 1.91. The minimum absolute atomic E-state index is 0.0985. The van der Waals surface area contributed by atoms with Gasteiger partial charge in [-0.25, -0.2) is 0 Å². The van der Waals surface area contributed by atoms with Gasteiger partial charge in [0.1, 0.15) is 18.1 Å². The molecule has 0 aliphatic carbocycles. The molecule has 1 aromatic carbocycles. The van der Waals surface area contributed by atoms with Crippen molar-refractivity contribution in [3.63, 3.8) is 0 Å². The Labute approximate surface area is 137 Å². The Morgan fingerprint density at radius 2 is 1.92 bits per heavy atom. The Hall–Kier alpha value is -2.57. The van der Waals surface area contributed by atoms with Crippen molar-refractivity contribution < 1.29 is 22.7 Å². The highest BCUT2D eigenvalue weighted by Gasteiger charge is 2.32. The maximum atomic E-state index is 12.5. The van der Waals surface area contributed by atoms with Gasteiger partial charge in [-0.05, 0) is 30.7 Å². The quantitative estimate of drug-likeness (QED) is 0.837. The molecule has 0 saturated heterocycles. The SMILES string of the molecule is Cc1ccccc1OCCN(C)C(=O)c1ccc(C(F)(F)F)nc1. The van der Waals surface area contributed by atoms with Gasteiger partial charge in [-0.15, -0.1) is 0 Å². The van der Waals surface area contributed by atoms with E-state index < -0.39 is 17.8 Å². The van der Waals surface area contributed by atoms with Crippen molar-refractivity contribution in [2.45, 2.75) is 13.1 Å². The van der Waals surface area contributed by atoms with Crippen LogP contribution in [0, 0.1) is 6.92 Å². The van der Waals surface area contributed by atoms with Crippen molar-refractivity contribution >= 4 is 5.91 Å². The first kappa shape index (κ1) is 17.8. The van der Waals surface area contributed by atoms with E-state index in [2.05, 4.69) is 4.98 Å². The Morgan fingerprint density at radius 1 is 1.21 bits per heavy atom. The van der Waals surface area contributed by atoms with Gasteiger partial charge in [0.05, 0.1) is 12.1 Å². The van der Waals surface area contributed by atoms with Gasteiger partial charge >= 0.3 is 6.18 Å². The molecule has 128 valence electrons. The van der Waals surface area contributed by atoms with Crippen molar-refractivity contribution in [2.24, 2.45) is 0 Å². The molecular weight excluding hydrogens is 321 g/mol. The molecule has 1 aromatic heterocycles. The number of aromatic nitrogens is 1. The van der Waals surface area contributed by atoms with Crippen molar-refractivity contribution in [1.29, 1.82) is 0 Å². The lowest BCUT2D eigenvalue weighted by molar-refractivity contribution is -0.141. The largest absolute Gasteiger partial charge is 0.491 e. The van der Waals surface area contributed by atoms with Crippen LogP contribution >= 0.6 is 0 Å². The summed E-state index contributed by atoms with van der Waals surface area (Å²) in [5, 5.41) is 0. The molecular formula is C17H17F3N2O2. The second kappa shape index (κ2) is 7.33. The number of pyridine rings is 1. The second-order valence-corrected chi connectivity index (χ2v) is 5.27. The number of aryl methyl sites for hydroxylation is 1. The first-order chi connectivity index (χ1) is 11.3. The normalized spacial score (nSPS) is 11.2. The molecule has 24 heavy (non-hydrogen) atoms. The van der Waals surface area contributed by atoms with E-state index in [9.17, 15) is 18.0 Å². The fraction of sp³-hybridized carbons (Fsp3) is 0.294. The molecule has 4 nitrogen and oxygen atoms in total. The van der Waals surface area contributed by atoms with E-state index in [0.717, 1.165) is 29.6 Å². The number of benzene rings is 1. The first-order valence-corrected chi connectivity index (χ1v) is 7.26. The standard InChI is InChI=1S/C17H17F3N2O2/c1-12-5-3-4-6-14(12)24-10-9-22(2)16(23)13-7-8-15(21-11-13)17(18,19)20/h3-8,11H,9-10H2,1-2H3. The van der Waals surface area contributed by atoms with Crippen LogP contribution in [0.15, 0.2) is 42.6 Å². The van der Waals surface area contributed by atoms with Crippen molar-refractivity contribution in [2.75, 3.05) is 20.2 Å².